The van der Waals surface area contributed by atoms with Gasteiger partial charge in [0, 0.05) is 23.7 Å². The molecule has 0 bridgehead atoms. The Morgan fingerprint density at radius 3 is 2.73 bits per heavy atom. The van der Waals surface area contributed by atoms with Crippen LogP contribution >= 0.6 is 22.9 Å². The number of nitrogens with one attached hydrogen (secondary N) is 1. The molecule has 2 N–H and O–H groups in total. The maximum absolute atomic E-state index is 14.4. The standard InChI is InChI=1S/C23H22ClFN2O4S2/c1-2-33(30,31)18-7-6-14(19(25)13-18)10-20(28)26-21-11-15-8-9-27(23(29)22(15)32-21)17-5-3-4-16(24)12-17/h3-7,11-13,20,26,28H,2,8-10H2,1H3. The van der Waals surface area contributed by atoms with Gasteiger partial charge in [-0.15, -0.1) is 11.3 Å². The van der Waals surface area contributed by atoms with Crippen LogP contribution in [0.2, 0.25) is 5.02 Å². The Bertz CT molecular complexity index is 1310. The summed E-state index contributed by atoms with van der Waals surface area (Å²) in [5.74, 6) is -0.944. The molecule has 1 amide bonds. The molecule has 0 saturated carbocycles. The first-order valence-electron chi connectivity index (χ1n) is 10.3. The van der Waals surface area contributed by atoms with E-state index in [-0.39, 0.29) is 28.5 Å². The van der Waals surface area contributed by atoms with Crippen molar-refractivity contribution < 1.29 is 22.7 Å². The lowest BCUT2D eigenvalue weighted by atomic mass is 10.1. The minimum atomic E-state index is -3.51. The van der Waals surface area contributed by atoms with Gasteiger partial charge in [0.2, 0.25) is 0 Å². The van der Waals surface area contributed by atoms with E-state index >= 15 is 0 Å². The fraction of sp³-hybridized carbons (Fsp3) is 0.261. The van der Waals surface area contributed by atoms with E-state index in [4.69, 9.17) is 11.6 Å². The monoisotopic (exact) mass is 508 g/mol. The predicted octanol–water partition coefficient (Wildman–Crippen LogP) is 4.51. The van der Waals surface area contributed by atoms with Gasteiger partial charge in [0.25, 0.3) is 5.91 Å². The summed E-state index contributed by atoms with van der Waals surface area (Å²) in [6.07, 6.45) is -0.528. The molecule has 0 spiro atoms. The van der Waals surface area contributed by atoms with Crippen LogP contribution in [-0.2, 0) is 22.7 Å². The molecule has 1 aliphatic heterocycles. The molecular formula is C23H22ClFN2O4S2. The highest BCUT2D eigenvalue weighted by Crippen LogP contribution is 2.34. The SMILES string of the molecule is CCS(=O)(=O)c1ccc(CC(O)Nc2cc3c(s2)C(=O)N(c2cccc(Cl)c2)CC3)c(F)c1. The van der Waals surface area contributed by atoms with Crippen molar-refractivity contribution in [2.24, 2.45) is 0 Å². The minimum Gasteiger partial charge on any atom is -0.373 e. The first-order valence-corrected chi connectivity index (χ1v) is 13.2. The number of hydrogen-bond acceptors (Lipinski definition) is 6. The Hall–Kier alpha value is -2.46. The molecule has 4 rings (SSSR count). The molecule has 1 aromatic heterocycles. The lowest BCUT2D eigenvalue weighted by molar-refractivity contribution is 0.0985. The van der Waals surface area contributed by atoms with Crippen LogP contribution in [0.25, 0.3) is 0 Å². The van der Waals surface area contributed by atoms with Gasteiger partial charge in [-0.3, -0.25) is 4.79 Å². The van der Waals surface area contributed by atoms with Gasteiger partial charge in [-0.25, -0.2) is 12.8 Å². The van der Waals surface area contributed by atoms with Crippen molar-refractivity contribution in [3.8, 4) is 0 Å². The highest BCUT2D eigenvalue weighted by Gasteiger charge is 2.28. The molecule has 0 fully saturated rings. The number of hydrogen-bond donors (Lipinski definition) is 2. The molecule has 6 nitrogen and oxygen atoms in total. The smallest absolute Gasteiger partial charge is 0.268 e. The minimum absolute atomic E-state index is 0.0660. The summed E-state index contributed by atoms with van der Waals surface area (Å²) >= 11 is 7.29. The molecule has 1 atom stereocenters. The zero-order valence-electron chi connectivity index (χ0n) is 17.7. The fourth-order valence-corrected chi connectivity index (χ4v) is 5.87. The third-order valence-corrected chi connectivity index (χ3v) is 8.52. The number of halogens is 2. The predicted molar refractivity (Wildman–Crippen MR) is 129 cm³/mol. The Balaban J connectivity index is 1.46. The van der Waals surface area contributed by atoms with Crippen LogP contribution in [0, 0.1) is 5.82 Å². The average molecular weight is 509 g/mol. The summed E-state index contributed by atoms with van der Waals surface area (Å²) in [6.45, 7) is 2.01. The number of carbonyl (C=O) groups is 1. The Labute approximate surface area is 200 Å². The van der Waals surface area contributed by atoms with Crippen LogP contribution in [0.3, 0.4) is 0 Å². The molecule has 3 aromatic rings. The average Bonchev–Trinajstić information content (AvgIpc) is 3.18. The number of thiophene rings is 1. The van der Waals surface area contributed by atoms with Gasteiger partial charge >= 0.3 is 0 Å². The first-order chi connectivity index (χ1) is 15.7. The summed E-state index contributed by atoms with van der Waals surface area (Å²) in [5, 5.41) is 14.5. The Morgan fingerprint density at radius 2 is 2.03 bits per heavy atom. The molecular weight excluding hydrogens is 487 g/mol. The molecule has 2 aromatic carbocycles. The number of rotatable bonds is 7. The van der Waals surface area contributed by atoms with Gasteiger partial charge in [0.15, 0.2) is 9.84 Å². The summed E-state index contributed by atoms with van der Waals surface area (Å²) in [6, 6.07) is 12.6. The van der Waals surface area contributed by atoms with Gasteiger partial charge in [0.05, 0.1) is 20.5 Å². The highest BCUT2D eigenvalue weighted by atomic mass is 35.5. The van der Waals surface area contributed by atoms with Gasteiger partial charge in [-0.2, -0.15) is 0 Å². The van der Waals surface area contributed by atoms with Crippen molar-refractivity contribution in [1.29, 1.82) is 0 Å². The number of sulfone groups is 1. The Morgan fingerprint density at radius 1 is 1.24 bits per heavy atom. The third kappa shape index (κ3) is 5.06. The van der Waals surface area contributed by atoms with Crippen molar-refractivity contribution >= 4 is 49.4 Å². The molecule has 1 unspecified atom stereocenters. The number of nitrogens with zero attached hydrogens (tertiary/aromatic N) is 1. The van der Waals surface area contributed by atoms with Gasteiger partial charge in [-0.1, -0.05) is 30.7 Å². The van der Waals surface area contributed by atoms with Gasteiger partial charge < -0.3 is 15.3 Å². The number of aliphatic hydroxyl groups is 1. The third-order valence-electron chi connectivity index (χ3n) is 5.46. The number of aliphatic hydroxyl groups excluding tert-OH is 1. The molecule has 174 valence electrons. The quantitative estimate of drug-likeness (QED) is 0.458. The number of carbonyl (C=O) groups excluding carboxylic acids is 1. The molecule has 0 saturated heterocycles. The van der Waals surface area contributed by atoms with E-state index in [0.29, 0.717) is 27.9 Å². The molecule has 0 radical (unpaired) electrons. The van der Waals surface area contributed by atoms with Crippen molar-refractivity contribution in [3.63, 3.8) is 0 Å². The van der Waals surface area contributed by atoms with Crippen molar-refractivity contribution in [2.75, 3.05) is 22.5 Å². The van der Waals surface area contributed by atoms with Gasteiger partial charge in [0.1, 0.15) is 12.0 Å². The van der Waals surface area contributed by atoms with E-state index < -0.39 is 21.9 Å². The molecule has 2 heterocycles. The van der Waals surface area contributed by atoms with Crippen LogP contribution in [0.15, 0.2) is 53.4 Å². The van der Waals surface area contributed by atoms with Crippen molar-refractivity contribution in [3.05, 3.63) is 75.4 Å². The van der Waals surface area contributed by atoms with Crippen LogP contribution in [0.4, 0.5) is 15.1 Å². The summed E-state index contributed by atoms with van der Waals surface area (Å²) in [7, 11) is -3.51. The maximum Gasteiger partial charge on any atom is 0.268 e. The zero-order chi connectivity index (χ0) is 23.8. The molecule has 1 aliphatic rings. The number of amides is 1. The second-order valence-corrected chi connectivity index (χ2v) is 11.4. The van der Waals surface area contributed by atoms with Crippen LogP contribution in [0.5, 0.6) is 0 Å². The fourth-order valence-electron chi connectivity index (χ4n) is 3.69. The van der Waals surface area contributed by atoms with E-state index in [9.17, 15) is 22.7 Å². The van der Waals surface area contributed by atoms with Crippen molar-refractivity contribution in [1.82, 2.24) is 0 Å². The summed E-state index contributed by atoms with van der Waals surface area (Å²) in [4.78, 5) is 15.2. The van der Waals surface area contributed by atoms with Gasteiger partial charge in [-0.05, 0) is 53.9 Å². The van der Waals surface area contributed by atoms with Crippen LogP contribution in [-0.4, -0.2) is 38.0 Å². The first kappa shape index (κ1) is 23.7. The van der Waals surface area contributed by atoms with Crippen LogP contribution in [0.1, 0.15) is 27.7 Å². The molecule has 10 heteroatoms. The lowest BCUT2D eigenvalue weighted by Gasteiger charge is -2.26. The second-order valence-electron chi connectivity index (χ2n) is 7.67. The second kappa shape index (κ2) is 9.42. The molecule has 0 aliphatic carbocycles. The van der Waals surface area contributed by atoms with Crippen molar-refractivity contribution in [2.45, 2.75) is 30.9 Å². The molecule has 33 heavy (non-hydrogen) atoms. The lowest BCUT2D eigenvalue weighted by Crippen LogP contribution is -2.36. The zero-order valence-corrected chi connectivity index (χ0v) is 20.1. The number of fused-ring (bicyclic) bond motifs is 1. The summed E-state index contributed by atoms with van der Waals surface area (Å²) in [5.41, 5.74) is 1.80. The largest absolute Gasteiger partial charge is 0.373 e. The maximum atomic E-state index is 14.4. The number of anilines is 2. The summed E-state index contributed by atoms with van der Waals surface area (Å²) < 4.78 is 38.3. The topological polar surface area (TPSA) is 86.7 Å². The number of benzene rings is 2. The normalized spacial score (nSPS) is 14.8. The Kier molecular flexibility index (Phi) is 6.76. The van der Waals surface area contributed by atoms with E-state index in [1.165, 1.54) is 30.4 Å². The van der Waals surface area contributed by atoms with E-state index in [2.05, 4.69) is 5.32 Å². The van der Waals surface area contributed by atoms with E-state index in [0.717, 1.165) is 17.3 Å². The van der Waals surface area contributed by atoms with E-state index in [1.807, 2.05) is 12.1 Å². The highest BCUT2D eigenvalue weighted by molar-refractivity contribution is 7.91. The van der Waals surface area contributed by atoms with E-state index in [1.54, 1.807) is 23.1 Å². The van der Waals surface area contributed by atoms with Crippen LogP contribution < -0.4 is 10.2 Å².